The average Bonchev–Trinajstić information content (AvgIpc) is 2.23. The van der Waals surface area contributed by atoms with Gasteiger partial charge in [-0.05, 0) is 46.1 Å². The summed E-state index contributed by atoms with van der Waals surface area (Å²) >= 11 is 0. The zero-order valence-electron chi connectivity index (χ0n) is 11.7. The molecule has 3 N–H and O–H groups in total. The van der Waals surface area contributed by atoms with E-state index in [4.69, 9.17) is 5.73 Å². The van der Waals surface area contributed by atoms with E-state index in [1.165, 1.54) is 0 Å². The molecule has 8 heteroatoms. The second-order valence-electron chi connectivity index (χ2n) is 4.93. The molecule has 1 aromatic carbocycles. The quantitative estimate of drug-likeness (QED) is 0.774. The van der Waals surface area contributed by atoms with Gasteiger partial charge in [0.15, 0.2) is 4.90 Å². The van der Waals surface area contributed by atoms with Crippen LogP contribution in [0.1, 0.15) is 13.3 Å². The molecule has 0 aliphatic rings. The van der Waals surface area contributed by atoms with Gasteiger partial charge < -0.3 is 10.6 Å². The topological polar surface area (TPSA) is 75.4 Å². The van der Waals surface area contributed by atoms with Crippen LogP contribution in [0.3, 0.4) is 0 Å². The number of nitrogens with two attached hydrogens (primary N) is 1. The van der Waals surface area contributed by atoms with Gasteiger partial charge in [0.1, 0.15) is 11.6 Å². The van der Waals surface area contributed by atoms with Crippen molar-refractivity contribution < 1.29 is 17.2 Å². The number of sulfonamides is 1. The molecule has 0 spiro atoms. The highest BCUT2D eigenvalue weighted by atomic mass is 32.2. The molecular weight excluding hydrogens is 288 g/mol. The fraction of sp³-hybridized carbons (Fsp3) is 0.500. The molecule has 0 radical (unpaired) electrons. The Morgan fingerprint density at radius 2 is 1.80 bits per heavy atom. The van der Waals surface area contributed by atoms with E-state index in [-0.39, 0.29) is 5.69 Å². The SMILES string of the molecule is CC(CCN(C)C)NS(=O)(=O)c1c(F)cc(N)cc1F. The van der Waals surface area contributed by atoms with Crippen LogP contribution in [-0.2, 0) is 10.0 Å². The van der Waals surface area contributed by atoms with Crippen molar-refractivity contribution in [3.8, 4) is 0 Å². The number of nitrogens with zero attached hydrogens (tertiary/aromatic N) is 1. The lowest BCUT2D eigenvalue weighted by Crippen LogP contribution is -2.35. The molecule has 0 aliphatic heterocycles. The molecule has 0 amide bonds. The summed E-state index contributed by atoms with van der Waals surface area (Å²) in [5, 5.41) is 0. The van der Waals surface area contributed by atoms with Crippen LogP contribution in [0.5, 0.6) is 0 Å². The molecule has 1 unspecified atom stereocenters. The third kappa shape index (κ3) is 4.39. The zero-order chi connectivity index (χ0) is 15.5. The Morgan fingerprint density at radius 3 is 2.25 bits per heavy atom. The summed E-state index contributed by atoms with van der Waals surface area (Å²) < 4.78 is 53.5. The van der Waals surface area contributed by atoms with Crippen LogP contribution in [0.15, 0.2) is 17.0 Å². The highest BCUT2D eigenvalue weighted by molar-refractivity contribution is 7.89. The lowest BCUT2D eigenvalue weighted by Gasteiger charge is -2.17. The predicted octanol–water partition coefficient (Wildman–Crippen LogP) is 1.17. The van der Waals surface area contributed by atoms with Crippen molar-refractivity contribution in [2.75, 3.05) is 26.4 Å². The molecule has 20 heavy (non-hydrogen) atoms. The fourth-order valence-electron chi connectivity index (χ4n) is 1.67. The van der Waals surface area contributed by atoms with E-state index in [9.17, 15) is 17.2 Å². The molecule has 0 saturated heterocycles. The summed E-state index contributed by atoms with van der Waals surface area (Å²) in [4.78, 5) is 0.887. The summed E-state index contributed by atoms with van der Waals surface area (Å²) in [5.41, 5.74) is 5.09. The smallest absolute Gasteiger partial charge is 0.246 e. The Labute approximate surface area is 117 Å². The summed E-state index contributed by atoms with van der Waals surface area (Å²) in [6, 6.07) is 1.11. The Kier molecular flexibility index (Phi) is 5.43. The van der Waals surface area contributed by atoms with Gasteiger partial charge in [-0.25, -0.2) is 21.9 Å². The first kappa shape index (κ1) is 16.8. The monoisotopic (exact) mass is 307 g/mol. The van der Waals surface area contributed by atoms with E-state index in [0.29, 0.717) is 13.0 Å². The standard InChI is InChI=1S/C12H19F2N3O2S/c1-8(4-5-17(2)3)16-20(18,19)12-10(13)6-9(15)7-11(12)14/h6-8,16H,4-5,15H2,1-3H3. The highest BCUT2D eigenvalue weighted by Gasteiger charge is 2.26. The van der Waals surface area contributed by atoms with Crippen LogP contribution in [0.4, 0.5) is 14.5 Å². The van der Waals surface area contributed by atoms with E-state index in [1.54, 1.807) is 6.92 Å². The summed E-state index contributed by atoms with van der Waals surface area (Å²) in [6.45, 7) is 2.28. The van der Waals surface area contributed by atoms with Gasteiger partial charge in [0.25, 0.3) is 0 Å². The number of nitrogen functional groups attached to an aromatic ring is 1. The van der Waals surface area contributed by atoms with Crippen molar-refractivity contribution >= 4 is 15.7 Å². The fourth-order valence-corrected chi connectivity index (χ4v) is 3.07. The van der Waals surface area contributed by atoms with Gasteiger partial charge in [0.2, 0.25) is 10.0 Å². The Balaban J connectivity index is 2.95. The van der Waals surface area contributed by atoms with Crippen LogP contribution in [-0.4, -0.2) is 40.0 Å². The third-order valence-corrected chi connectivity index (χ3v) is 4.30. The highest BCUT2D eigenvalue weighted by Crippen LogP contribution is 2.22. The zero-order valence-corrected chi connectivity index (χ0v) is 12.5. The van der Waals surface area contributed by atoms with E-state index in [0.717, 1.165) is 12.1 Å². The maximum absolute atomic E-state index is 13.6. The number of benzene rings is 1. The number of anilines is 1. The maximum atomic E-state index is 13.6. The number of hydrogen-bond donors (Lipinski definition) is 2. The Morgan fingerprint density at radius 1 is 1.30 bits per heavy atom. The number of halogens is 2. The molecular formula is C12H19F2N3O2S. The van der Waals surface area contributed by atoms with E-state index >= 15 is 0 Å². The minimum atomic E-state index is -4.26. The first-order valence-electron chi connectivity index (χ1n) is 6.05. The van der Waals surface area contributed by atoms with Crippen LogP contribution in [0.25, 0.3) is 0 Å². The van der Waals surface area contributed by atoms with E-state index < -0.39 is 32.6 Å². The largest absolute Gasteiger partial charge is 0.399 e. The van der Waals surface area contributed by atoms with E-state index in [1.807, 2.05) is 19.0 Å². The minimum absolute atomic E-state index is 0.167. The van der Waals surface area contributed by atoms with Crippen LogP contribution in [0, 0.1) is 11.6 Å². The van der Waals surface area contributed by atoms with Crippen molar-refractivity contribution in [2.45, 2.75) is 24.3 Å². The van der Waals surface area contributed by atoms with Crippen LogP contribution < -0.4 is 10.5 Å². The lowest BCUT2D eigenvalue weighted by molar-refractivity contribution is 0.378. The van der Waals surface area contributed by atoms with Gasteiger partial charge >= 0.3 is 0 Å². The second kappa shape index (κ2) is 6.47. The normalized spacial score (nSPS) is 13.7. The molecule has 0 fully saturated rings. The molecule has 1 atom stereocenters. The van der Waals surface area contributed by atoms with Gasteiger partial charge in [-0.15, -0.1) is 0 Å². The average molecular weight is 307 g/mol. The molecule has 0 aromatic heterocycles. The minimum Gasteiger partial charge on any atom is -0.399 e. The maximum Gasteiger partial charge on any atom is 0.246 e. The van der Waals surface area contributed by atoms with Crippen molar-refractivity contribution in [1.82, 2.24) is 9.62 Å². The third-order valence-electron chi connectivity index (χ3n) is 2.66. The van der Waals surface area contributed by atoms with Gasteiger partial charge in [0.05, 0.1) is 0 Å². The number of rotatable bonds is 6. The van der Waals surface area contributed by atoms with Crippen molar-refractivity contribution in [2.24, 2.45) is 0 Å². The molecule has 0 aliphatic carbocycles. The molecule has 0 heterocycles. The first-order chi connectivity index (χ1) is 9.13. The lowest BCUT2D eigenvalue weighted by atomic mass is 10.2. The molecule has 0 bridgehead atoms. The molecule has 114 valence electrons. The molecule has 0 saturated carbocycles. The van der Waals surface area contributed by atoms with Gasteiger partial charge in [-0.3, -0.25) is 0 Å². The summed E-state index contributed by atoms with van der Waals surface area (Å²) in [6.07, 6.45) is 0.518. The van der Waals surface area contributed by atoms with Gasteiger partial charge in [-0.1, -0.05) is 0 Å². The summed E-state index contributed by atoms with van der Waals surface area (Å²) in [5.74, 6) is -2.40. The summed E-state index contributed by atoms with van der Waals surface area (Å²) in [7, 11) is -0.564. The number of nitrogens with one attached hydrogen (secondary N) is 1. The Hall–Kier alpha value is -1.25. The van der Waals surface area contributed by atoms with Crippen molar-refractivity contribution in [3.63, 3.8) is 0 Å². The first-order valence-corrected chi connectivity index (χ1v) is 7.53. The van der Waals surface area contributed by atoms with Crippen LogP contribution >= 0.6 is 0 Å². The van der Waals surface area contributed by atoms with Crippen molar-refractivity contribution in [3.05, 3.63) is 23.8 Å². The van der Waals surface area contributed by atoms with Crippen LogP contribution in [0.2, 0.25) is 0 Å². The molecule has 1 rings (SSSR count). The number of hydrogen-bond acceptors (Lipinski definition) is 4. The second-order valence-corrected chi connectivity index (χ2v) is 6.58. The van der Waals surface area contributed by atoms with E-state index in [2.05, 4.69) is 4.72 Å². The Bertz CT molecular complexity index is 553. The molecule has 1 aromatic rings. The molecule has 5 nitrogen and oxygen atoms in total. The van der Waals surface area contributed by atoms with Gasteiger partial charge in [-0.2, -0.15) is 0 Å². The van der Waals surface area contributed by atoms with Gasteiger partial charge in [0, 0.05) is 11.7 Å². The van der Waals surface area contributed by atoms with Crippen molar-refractivity contribution in [1.29, 1.82) is 0 Å². The predicted molar refractivity (Wildman–Crippen MR) is 73.7 cm³/mol.